The number of rotatable bonds is 6. The maximum absolute atomic E-state index is 9.57. The van der Waals surface area contributed by atoms with Gasteiger partial charge in [-0.3, -0.25) is 0 Å². The molecule has 0 unspecified atom stereocenters. The Bertz CT molecular complexity index is 691. The zero-order valence-electron chi connectivity index (χ0n) is 11.9. The highest BCUT2D eigenvalue weighted by Gasteiger charge is 2.09. The van der Waals surface area contributed by atoms with Crippen molar-refractivity contribution in [2.75, 3.05) is 6.61 Å². The minimum Gasteiger partial charge on any atom is -0.395 e. The third kappa shape index (κ3) is 3.32. The van der Waals surface area contributed by atoms with Gasteiger partial charge in [0.1, 0.15) is 0 Å². The monoisotopic (exact) mass is 280 g/mol. The number of hydrogen-bond donors (Lipinski definition) is 3. The first-order chi connectivity index (χ1) is 10.4. The molecule has 1 heterocycles. The molecule has 1 aromatic heterocycles. The highest BCUT2D eigenvalue weighted by Crippen LogP contribution is 2.17. The van der Waals surface area contributed by atoms with Gasteiger partial charge < -0.3 is 15.4 Å². The highest BCUT2D eigenvalue weighted by atomic mass is 16.3. The molecule has 3 heteroatoms. The SMILES string of the molecule is OC[C@@H](Cc1ccccc1)NCc1cccc2[nH]ccc12. The quantitative estimate of drug-likeness (QED) is 0.650. The van der Waals surface area contributed by atoms with E-state index < -0.39 is 0 Å². The Morgan fingerprint density at radius 2 is 1.86 bits per heavy atom. The number of aromatic nitrogens is 1. The van der Waals surface area contributed by atoms with E-state index in [0.717, 1.165) is 18.5 Å². The van der Waals surface area contributed by atoms with Crippen LogP contribution in [0.25, 0.3) is 10.9 Å². The summed E-state index contributed by atoms with van der Waals surface area (Å²) in [6.07, 6.45) is 2.79. The molecule has 0 fully saturated rings. The molecule has 0 radical (unpaired) electrons. The van der Waals surface area contributed by atoms with Gasteiger partial charge in [-0.25, -0.2) is 0 Å². The average Bonchev–Trinajstić information content (AvgIpc) is 3.01. The fourth-order valence-corrected chi connectivity index (χ4v) is 2.66. The van der Waals surface area contributed by atoms with Crippen LogP contribution in [0.5, 0.6) is 0 Å². The Morgan fingerprint density at radius 1 is 1.00 bits per heavy atom. The van der Waals surface area contributed by atoms with Crippen molar-refractivity contribution in [1.82, 2.24) is 10.3 Å². The molecule has 108 valence electrons. The maximum Gasteiger partial charge on any atom is 0.0587 e. The number of aromatic amines is 1. The second kappa shape index (κ2) is 6.57. The summed E-state index contributed by atoms with van der Waals surface area (Å²) < 4.78 is 0. The number of H-pyrrole nitrogens is 1. The normalized spacial score (nSPS) is 12.6. The smallest absolute Gasteiger partial charge is 0.0587 e. The van der Waals surface area contributed by atoms with E-state index in [1.807, 2.05) is 24.4 Å². The fourth-order valence-electron chi connectivity index (χ4n) is 2.66. The van der Waals surface area contributed by atoms with Crippen molar-refractivity contribution in [2.45, 2.75) is 19.0 Å². The maximum atomic E-state index is 9.57. The van der Waals surface area contributed by atoms with Gasteiger partial charge in [0, 0.05) is 29.7 Å². The molecule has 2 aromatic carbocycles. The van der Waals surface area contributed by atoms with Crippen molar-refractivity contribution in [2.24, 2.45) is 0 Å². The van der Waals surface area contributed by atoms with E-state index >= 15 is 0 Å². The van der Waals surface area contributed by atoms with Gasteiger partial charge in [0.25, 0.3) is 0 Å². The Kier molecular flexibility index (Phi) is 4.34. The molecular weight excluding hydrogens is 260 g/mol. The molecule has 0 bridgehead atoms. The highest BCUT2D eigenvalue weighted by molar-refractivity contribution is 5.82. The number of benzene rings is 2. The molecule has 0 amide bonds. The topological polar surface area (TPSA) is 48.0 Å². The molecule has 3 N–H and O–H groups in total. The summed E-state index contributed by atoms with van der Waals surface area (Å²) in [5, 5.41) is 14.3. The summed E-state index contributed by atoms with van der Waals surface area (Å²) in [5.74, 6) is 0. The van der Waals surface area contributed by atoms with Crippen LogP contribution in [0.3, 0.4) is 0 Å². The van der Waals surface area contributed by atoms with Crippen molar-refractivity contribution >= 4 is 10.9 Å². The van der Waals surface area contributed by atoms with Crippen LogP contribution in [0.2, 0.25) is 0 Å². The molecule has 3 nitrogen and oxygen atoms in total. The van der Waals surface area contributed by atoms with E-state index in [-0.39, 0.29) is 12.6 Å². The van der Waals surface area contributed by atoms with Crippen LogP contribution < -0.4 is 5.32 Å². The number of aliphatic hydroxyl groups excluding tert-OH is 1. The molecule has 21 heavy (non-hydrogen) atoms. The predicted molar refractivity (Wildman–Crippen MR) is 86.2 cm³/mol. The van der Waals surface area contributed by atoms with Crippen LogP contribution in [0.15, 0.2) is 60.8 Å². The van der Waals surface area contributed by atoms with Gasteiger partial charge in [0.05, 0.1) is 6.61 Å². The largest absolute Gasteiger partial charge is 0.395 e. The van der Waals surface area contributed by atoms with Crippen LogP contribution in [-0.2, 0) is 13.0 Å². The van der Waals surface area contributed by atoms with Gasteiger partial charge in [-0.15, -0.1) is 0 Å². The molecule has 1 atom stereocenters. The van der Waals surface area contributed by atoms with Crippen LogP contribution >= 0.6 is 0 Å². The van der Waals surface area contributed by atoms with Crippen molar-refractivity contribution in [1.29, 1.82) is 0 Å². The first kappa shape index (κ1) is 13.9. The van der Waals surface area contributed by atoms with Crippen molar-refractivity contribution in [3.05, 3.63) is 71.9 Å². The molecule has 0 aliphatic heterocycles. The fraction of sp³-hybridized carbons (Fsp3) is 0.222. The van der Waals surface area contributed by atoms with Gasteiger partial charge in [-0.1, -0.05) is 42.5 Å². The predicted octanol–water partition coefficient (Wildman–Crippen LogP) is 2.86. The van der Waals surface area contributed by atoms with E-state index in [1.165, 1.54) is 16.5 Å². The average molecular weight is 280 g/mol. The lowest BCUT2D eigenvalue weighted by atomic mass is 10.1. The van der Waals surface area contributed by atoms with Gasteiger partial charge in [-0.05, 0) is 29.7 Å². The number of hydrogen-bond acceptors (Lipinski definition) is 2. The first-order valence-electron chi connectivity index (χ1n) is 7.30. The zero-order valence-corrected chi connectivity index (χ0v) is 11.9. The Balaban J connectivity index is 1.66. The van der Waals surface area contributed by atoms with Gasteiger partial charge >= 0.3 is 0 Å². The second-order valence-electron chi connectivity index (χ2n) is 5.31. The molecule has 0 saturated heterocycles. The summed E-state index contributed by atoms with van der Waals surface area (Å²) in [4.78, 5) is 3.22. The molecule has 0 aliphatic carbocycles. The Morgan fingerprint density at radius 3 is 2.67 bits per heavy atom. The molecular formula is C18H20N2O. The standard InChI is InChI=1S/C18H20N2O/c21-13-16(11-14-5-2-1-3-6-14)20-12-15-7-4-8-18-17(15)9-10-19-18/h1-10,16,19-21H,11-13H2/t16-/m1/s1. The van der Waals surface area contributed by atoms with Crippen molar-refractivity contribution in [3.8, 4) is 0 Å². The van der Waals surface area contributed by atoms with E-state index in [9.17, 15) is 5.11 Å². The zero-order chi connectivity index (χ0) is 14.5. The second-order valence-corrected chi connectivity index (χ2v) is 5.31. The Labute approximate surface area is 124 Å². The van der Waals surface area contributed by atoms with Gasteiger partial charge in [0.2, 0.25) is 0 Å². The van der Waals surface area contributed by atoms with E-state index in [2.05, 4.69) is 46.7 Å². The van der Waals surface area contributed by atoms with Crippen LogP contribution in [0, 0.1) is 0 Å². The lowest BCUT2D eigenvalue weighted by molar-refractivity contribution is 0.241. The summed E-state index contributed by atoms with van der Waals surface area (Å²) >= 11 is 0. The van der Waals surface area contributed by atoms with Crippen molar-refractivity contribution in [3.63, 3.8) is 0 Å². The van der Waals surface area contributed by atoms with E-state index in [4.69, 9.17) is 0 Å². The third-order valence-corrected chi connectivity index (χ3v) is 3.81. The van der Waals surface area contributed by atoms with E-state index in [0.29, 0.717) is 0 Å². The van der Waals surface area contributed by atoms with Gasteiger partial charge in [0.15, 0.2) is 0 Å². The first-order valence-corrected chi connectivity index (χ1v) is 7.30. The molecule has 3 rings (SSSR count). The van der Waals surface area contributed by atoms with Crippen molar-refractivity contribution < 1.29 is 5.11 Å². The van der Waals surface area contributed by atoms with Crippen LogP contribution in [-0.4, -0.2) is 22.7 Å². The summed E-state index contributed by atoms with van der Waals surface area (Å²) in [6, 6.07) is 18.7. The summed E-state index contributed by atoms with van der Waals surface area (Å²) in [6.45, 7) is 0.894. The van der Waals surface area contributed by atoms with Crippen LogP contribution in [0.4, 0.5) is 0 Å². The van der Waals surface area contributed by atoms with Gasteiger partial charge in [-0.2, -0.15) is 0 Å². The summed E-state index contributed by atoms with van der Waals surface area (Å²) in [5.41, 5.74) is 3.64. The number of fused-ring (bicyclic) bond motifs is 1. The third-order valence-electron chi connectivity index (χ3n) is 3.81. The van der Waals surface area contributed by atoms with Crippen LogP contribution in [0.1, 0.15) is 11.1 Å². The van der Waals surface area contributed by atoms with E-state index in [1.54, 1.807) is 0 Å². The number of nitrogens with one attached hydrogen (secondary N) is 2. The minimum absolute atomic E-state index is 0.0709. The lowest BCUT2D eigenvalue weighted by Gasteiger charge is -2.17. The molecule has 0 saturated carbocycles. The summed E-state index contributed by atoms with van der Waals surface area (Å²) in [7, 11) is 0. The molecule has 3 aromatic rings. The molecule has 0 spiro atoms. The molecule has 0 aliphatic rings. The lowest BCUT2D eigenvalue weighted by Crippen LogP contribution is -2.34. The minimum atomic E-state index is 0.0709. The number of aliphatic hydroxyl groups is 1. The Hall–Kier alpha value is -2.10.